The first-order chi connectivity index (χ1) is 16.9. The number of carbonyl (C=O) groups is 2. The van der Waals surface area contributed by atoms with Gasteiger partial charge in [0.15, 0.2) is 11.5 Å². The van der Waals surface area contributed by atoms with Crippen LogP contribution in [-0.2, 0) is 0 Å². The molecule has 2 aromatic carbocycles. The number of thiophene rings is 1. The Morgan fingerprint density at radius 3 is 2.37 bits per heavy atom. The number of ether oxygens (including phenoxy) is 3. The van der Waals surface area contributed by atoms with E-state index in [0.29, 0.717) is 28.5 Å². The minimum Gasteiger partial charge on any atom is -0.494 e. The van der Waals surface area contributed by atoms with E-state index in [9.17, 15) is 9.59 Å². The maximum Gasteiger partial charge on any atom is 0.252 e. The van der Waals surface area contributed by atoms with Crippen LogP contribution in [0.4, 0.5) is 0 Å². The number of aromatic nitrogens is 1. The van der Waals surface area contributed by atoms with Crippen molar-refractivity contribution in [3.63, 3.8) is 0 Å². The number of Topliss-reactive ketones (excluding diaryl/α,β-unsaturated/α-hetero) is 1. The van der Waals surface area contributed by atoms with Crippen LogP contribution in [0.3, 0.4) is 0 Å². The van der Waals surface area contributed by atoms with Gasteiger partial charge in [-0.3, -0.25) is 9.59 Å². The van der Waals surface area contributed by atoms with Crippen molar-refractivity contribution in [1.29, 1.82) is 0 Å². The maximum absolute atomic E-state index is 13.2. The lowest BCUT2D eigenvalue weighted by Gasteiger charge is -2.15. The van der Waals surface area contributed by atoms with E-state index in [4.69, 9.17) is 14.2 Å². The molecular weight excluding hydrogens is 464 g/mol. The van der Waals surface area contributed by atoms with Crippen molar-refractivity contribution in [2.75, 3.05) is 21.3 Å². The topological polar surface area (TPSA) is 86.8 Å². The number of hydrogen-bond donors (Lipinski definition) is 1. The third-order valence-corrected chi connectivity index (χ3v) is 6.90. The van der Waals surface area contributed by atoms with Crippen LogP contribution in [-0.4, -0.2) is 44.0 Å². The molecule has 0 aliphatic carbocycles. The highest BCUT2D eigenvalue weighted by atomic mass is 32.1. The summed E-state index contributed by atoms with van der Waals surface area (Å²) >= 11 is 1.63. The Morgan fingerprint density at radius 1 is 0.943 bits per heavy atom. The summed E-state index contributed by atoms with van der Waals surface area (Å²) in [4.78, 5) is 30.7. The summed E-state index contributed by atoms with van der Waals surface area (Å²) in [6.45, 7) is 3.70. The summed E-state index contributed by atoms with van der Waals surface area (Å²) in [5, 5.41) is 5.83. The van der Waals surface area contributed by atoms with Gasteiger partial charge in [-0.2, -0.15) is 0 Å². The summed E-state index contributed by atoms with van der Waals surface area (Å²) in [6.07, 6.45) is 0. The van der Waals surface area contributed by atoms with Crippen molar-refractivity contribution in [2.45, 2.75) is 19.9 Å². The van der Waals surface area contributed by atoms with Crippen molar-refractivity contribution in [1.82, 2.24) is 10.3 Å². The first kappa shape index (κ1) is 24.2. The van der Waals surface area contributed by atoms with Crippen LogP contribution in [0.25, 0.3) is 21.3 Å². The van der Waals surface area contributed by atoms with Crippen LogP contribution in [0.2, 0.25) is 0 Å². The molecule has 180 valence electrons. The Labute approximate surface area is 207 Å². The van der Waals surface area contributed by atoms with Crippen LogP contribution >= 0.6 is 11.3 Å². The molecule has 4 rings (SSSR count). The zero-order valence-electron chi connectivity index (χ0n) is 20.2. The normalized spacial score (nSPS) is 11.7. The number of methoxy groups -OCH3 is 3. The zero-order chi connectivity index (χ0) is 25.1. The van der Waals surface area contributed by atoms with Gasteiger partial charge in [0.25, 0.3) is 5.91 Å². The van der Waals surface area contributed by atoms with Gasteiger partial charge in [0.2, 0.25) is 5.78 Å². The number of nitrogens with one attached hydrogen (secondary N) is 1. The average molecular weight is 491 g/mol. The van der Waals surface area contributed by atoms with Gasteiger partial charge < -0.3 is 19.5 Å². The van der Waals surface area contributed by atoms with E-state index in [0.717, 1.165) is 10.9 Å². The van der Waals surface area contributed by atoms with Gasteiger partial charge in [0.1, 0.15) is 17.1 Å². The SMILES string of the molecule is COc1ccc(C(=O)N[C@@H](C)C(=O)c2ccc(OC)c(-c3csc4c(C)cccc34)n2)cc1OC. The largest absolute Gasteiger partial charge is 0.494 e. The van der Waals surface area contributed by atoms with Crippen molar-refractivity contribution in [3.8, 4) is 28.5 Å². The van der Waals surface area contributed by atoms with E-state index in [1.54, 1.807) is 55.7 Å². The molecule has 0 radical (unpaired) electrons. The summed E-state index contributed by atoms with van der Waals surface area (Å²) in [5.74, 6) is 0.807. The lowest BCUT2D eigenvalue weighted by atomic mass is 10.0. The maximum atomic E-state index is 13.2. The number of hydrogen-bond acceptors (Lipinski definition) is 7. The van der Waals surface area contributed by atoms with Crippen LogP contribution in [0.5, 0.6) is 17.2 Å². The van der Waals surface area contributed by atoms with Gasteiger partial charge in [-0.15, -0.1) is 11.3 Å². The highest BCUT2D eigenvalue weighted by Gasteiger charge is 2.23. The summed E-state index contributed by atoms with van der Waals surface area (Å²) in [5.41, 5.74) is 3.27. The van der Waals surface area contributed by atoms with Crippen molar-refractivity contribution in [2.24, 2.45) is 0 Å². The molecule has 2 heterocycles. The first-order valence-electron chi connectivity index (χ1n) is 11.0. The van der Waals surface area contributed by atoms with E-state index >= 15 is 0 Å². The minimum atomic E-state index is -0.800. The molecule has 0 fully saturated rings. The molecule has 1 N–H and O–H groups in total. The highest BCUT2D eigenvalue weighted by Crippen LogP contribution is 2.38. The second kappa shape index (κ2) is 10.1. The molecule has 0 bridgehead atoms. The molecule has 0 saturated heterocycles. The quantitative estimate of drug-likeness (QED) is 0.337. The van der Waals surface area contributed by atoms with E-state index in [-0.39, 0.29) is 11.5 Å². The van der Waals surface area contributed by atoms with Crippen LogP contribution < -0.4 is 19.5 Å². The number of rotatable bonds is 8. The molecule has 2 aromatic heterocycles. The molecule has 0 unspecified atom stereocenters. The Balaban J connectivity index is 1.61. The Hall–Kier alpha value is -3.91. The number of carbonyl (C=O) groups excluding carboxylic acids is 2. The van der Waals surface area contributed by atoms with Gasteiger partial charge in [-0.1, -0.05) is 18.2 Å². The van der Waals surface area contributed by atoms with Crippen molar-refractivity contribution >= 4 is 33.1 Å². The zero-order valence-corrected chi connectivity index (χ0v) is 21.0. The number of nitrogens with zero attached hydrogens (tertiary/aromatic N) is 1. The number of amides is 1. The van der Waals surface area contributed by atoms with Crippen molar-refractivity contribution < 1.29 is 23.8 Å². The number of ketones is 1. The summed E-state index contributed by atoms with van der Waals surface area (Å²) < 4.78 is 17.2. The summed E-state index contributed by atoms with van der Waals surface area (Å²) in [7, 11) is 4.60. The molecule has 0 spiro atoms. The monoisotopic (exact) mass is 490 g/mol. The molecule has 7 nitrogen and oxygen atoms in total. The predicted molar refractivity (Wildman–Crippen MR) is 137 cm³/mol. The van der Waals surface area contributed by atoms with E-state index in [1.807, 2.05) is 17.5 Å². The van der Waals surface area contributed by atoms with Crippen LogP contribution in [0, 0.1) is 6.92 Å². The molecule has 8 heteroatoms. The molecule has 0 aliphatic rings. The number of aryl methyl sites for hydroxylation is 1. The number of benzene rings is 2. The standard InChI is InChI=1S/C27H26N2O5S/c1-15-7-6-8-18-19(14-35-26(15)18)24-22(33-4)12-10-20(29-24)25(30)16(2)28-27(31)17-9-11-21(32-3)23(13-17)34-5/h6-14,16H,1-5H3,(H,28,31)/t16-/m0/s1. The molecule has 0 saturated carbocycles. The lowest BCUT2D eigenvalue weighted by molar-refractivity contribution is 0.0863. The molecule has 1 amide bonds. The minimum absolute atomic E-state index is 0.243. The molecule has 4 aromatic rings. The van der Waals surface area contributed by atoms with E-state index in [2.05, 4.69) is 23.3 Å². The first-order valence-corrected chi connectivity index (χ1v) is 11.8. The second-order valence-electron chi connectivity index (χ2n) is 7.98. The van der Waals surface area contributed by atoms with Gasteiger partial charge in [-0.25, -0.2) is 4.98 Å². The number of fused-ring (bicyclic) bond motifs is 1. The fourth-order valence-electron chi connectivity index (χ4n) is 3.87. The predicted octanol–water partition coefficient (Wildman–Crippen LogP) is 5.30. The highest BCUT2D eigenvalue weighted by molar-refractivity contribution is 7.18. The molecule has 1 atom stereocenters. The summed E-state index contributed by atoms with van der Waals surface area (Å²) in [6, 6.07) is 13.5. The molecular formula is C27H26N2O5S. The Kier molecular flexibility index (Phi) is 7.02. The molecule has 0 aliphatic heterocycles. The average Bonchev–Trinajstić information content (AvgIpc) is 3.32. The van der Waals surface area contributed by atoms with Crippen LogP contribution in [0.15, 0.2) is 53.9 Å². The third-order valence-electron chi connectivity index (χ3n) is 5.77. The second-order valence-corrected chi connectivity index (χ2v) is 8.86. The van der Waals surface area contributed by atoms with E-state index in [1.165, 1.54) is 24.5 Å². The fourth-order valence-corrected chi connectivity index (χ4v) is 4.90. The number of pyridine rings is 1. The third kappa shape index (κ3) is 4.70. The van der Waals surface area contributed by atoms with Gasteiger partial charge in [-0.05, 0) is 49.7 Å². The van der Waals surface area contributed by atoms with Gasteiger partial charge >= 0.3 is 0 Å². The van der Waals surface area contributed by atoms with Crippen LogP contribution in [0.1, 0.15) is 33.3 Å². The molecule has 35 heavy (non-hydrogen) atoms. The van der Waals surface area contributed by atoms with Gasteiger partial charge in [0.05, 0.1) is 27.4 Å². The smallest absolute Gasteiger partial charge is 0.252 e. The van der Waals surface area contributed by atoms with Gasteiger partial charge in [0, 0.05) is 26.6 Å². The Bertz CT molecular complexity index is 1410. The lowest BCUT2D eigenvalue weighted by Crippen LogP contribution is -2.38. The van der Waals surface area contributed by atoms with E-state index < -0.39 is 11.9 Å². The Morgan fingerprint density at radius 2 is 1.66 bits per heavy atom. The van der Waals surface area contributed by atoms with Crippen molar-refractivity contribution in [3.05, 3.63) is 70.7 Å². The fraction of sp³-hybridized carbons (Fsp3) is 0.222.